The molecule has 0 saturated carbocycles. The molecule has 0 aromatic heterocycles. The zero-order valence-corrected chi connectivity index (χ0v) is 14.3. The van der Waals surface area contributed by atoms with Crippen molar-refractivity contribution in [2.24, 2.45) is 17.6 Å². The maximum atomic E-state index is 13.1. The lowest BCUT2D eigenvalue weighted by Crippen LogP contribution is -2.50. The Kier molecular flexibility index (Phi) is 5.46. The highest BCUT2D eigenvalue weighted by molar-refractivity contribution is 7.89. The number of sulfonamides is 1. The summed E-state index contributed by atoms with van der Waals surface area (Å²) in [6, 6.07) is 4.70. The monoisotopic (exact) mass is 366 g/mol. The number of halogens is 3. The van der Waals surface area contributed by atoms with Crippen molar-refractivity contribution in [3.63, 3.8) is 0 Å². The van der Waals surface area contributed by atoms with Crippen LogP contribution in [0, 0.1) is 18.8 Å². The molecule has 0 aliphatic carbocycles. The molecule has 1 aliphatic rings. The summed E-state index contributed by atoms with van der Waals surface area (Å²) in [5, 5.41) is 0. The average Bonchev–Trinajstić information content (AvgIpc) is 2.53. The van der Waals surface area contributed by atoms with E-state index in [1.165, 1.54) is 19.2 Å². The molecule has 1 saturated heterocycles. The Morgan fingerprint density at radius 3 is 2.58 bits per heavy atom. The molecule has 0 spiro atoms. The molecule has 0 radical (unpaired) electrons. The SMILES string of the molecule is COc1ccc(C)cc1S(=O)(=O)N1CCC(C(F)(F)F)C(CN)C1. The van der Waals surface area contributed by atoms with Gasteiger partial charge in [-0.25, -0.2) is 8.42 Å². The lowest BCUT2D eigenvalue weighted by Gasteiger charge is -2.38. The summed E-state index contributed by atoms with van der Waals surface area (Å²) in [6.07, 6.45) is -4.67. The fourth-order valence-corrected chi connectivity index (χ4v) is 4.76. The van der Waals surface area contributed by atoms with Crippen LogP contribution in [-0.2, 0) is 10.0 Å². The summed E-state index contributed by atoms with van der Waals surface area (Å²) in [5.74, 6) is -2.36. The molecule has 0 amide bonds. The minimum absolute atomic E-state index is 0.0359. The number of aryl methyl sites for hydroxylation is 1. The predicted octanol–water partition coefficient (Wildman–Crippen LogP) is 2.15. The van der Waals surface area contributed by atoms with Crippen molar-refractivity contribution in [3.8, 4) is 5.75 Å². The number of ether oxygens (including phenoxy) is 1. The quantitative estimate of drug-likeness (QED) is 0.886. The molecule has 1 aromatic rings. The minimum atomic E-state index is -4.37. The van der Waals surface area contributed by atoms with Gasteiger partial charge < -0.3 is 10.5 Å². The number of hydrogen-bond acceptors (Lipinski definition) is 4. The summed E-state index contributed by atoms with van der Waals surface area (Å²) < 4.78 is 71.0. The normalized spacial score (nSPS) is 23.2. The number of rotatable bonds is 4. The van der Waals surface area contributed by atoms with Gasteiger partial charge in [-0.3, -0.25) is 0 Å². The number of alkyl halides is 3. The van der Waals surface area contributed by atoms with Crippen LogP contribution in [0.25, 0.3) is 0 Å². The topological polar surface area (TPSA) is 72.6 Å². The molecule has 1 fully saturated rings. The summed E-state index contributed by atoms with van der Waals surface area (Å²) in [7, 11) is -2.60. The first-order valence-electron chi connectivity index (χ1n) is 7.52. The van der Waals surface area contributed by atoms with Crippen LogP contribution in [0.5, 0.6) is 5.75 Å². The maximum Gasteiger partial charge on any atom is 0.392 e. The molecule has 2 N–H and O–H groups in total. The van der Waals surface area contributed by atoms with E-state index in [9.17, 15) is 21.6 Å². The maximum absolute atomic E-state index is 13.1. The lowest BCUT2D eigenvalue weighted by atomic mass is 9.86. The van der Waals surface area contributed by atoms with Gasteiger partial charge in [-0.15, -0.1) is 0 Å². The molecule has 24 heavy (non-hydrogen) atoms. The van der Waals surface area contributed by atoms with E-state index < -0.39 is 28.0 Å². The van der Waals surface area contributed by atoms with Crippen LogP contribution >= 0.6 is 0 Å². The van der Waals surface area contributed by atoms with Crippen molar-refractivity contribution < 1.29 is 26.3 Å². The van der Waals surface area contributed by atoms with Crippen LogP contribution in [0.4, 0.5) is 13.2 Å². The van der Waals surface area contributed by atoms with Gasteiger partial charge in [-0.05, 0) is 43.5 Å². The first-order valence-corrected chi connectivity index (χ1v) is 8.96. The largest absolute Gasteiger partial charge is 0.495 e. The predicted molar refractivity (Wildman–Crippen MR) is 83.2 cm³/mol. The molecule has 1 aromatic carbocycles. The van der Waals surface area contributed by atoms with Gasteiger partial charge in [0.15, 0.2) is 0 Å². The highest BCUT2D eigenvalue weighted by Crippen LogP contribution is 2.39. The second kappa shape index (κ2) is 6.89. The van der Waals surface area contributed by atoms with E-state index in [0.29, 0.717) is 0 Å². The van der Waals surface area contributed by atoms with Crippen LogP contribution in [0.3, 0.4) is 0 Å². The summed E-state index contributed by atoms with van der Waals surface area (Å²) >= 11 is 0. The molecule has 2 unspecified atom stereocenters. The zero-order chi connectivity index (χ0) is 18.1. The molecule has 1 heterocycles. The van der Waals surface area contributed by atoms with Gasteiger partial charge in [0.05, 0.1) is 13.0 Å². The summed E-state index contributed by atoms with van der Waals surface area (Å²) in [6.45, 7) is 1.07. The molecule has 0 bridgehead atoms. The highest BCUT2D eigenvalue weighted by Gasteiger charge is 2.48. The summed E-state index contributed by atoms with van der Waals surface area (Å²) in [5.41, 5.74) is 6.19. The molecule has 1 aliphatic heterocycles. The lowest BCUT2D eigenvalue weighted by molar-refractivity contribution is -0.196. The fraction of sp³-hybridized carbons (Fsp3) is 0.600. The number of benzene rings is 1. The van der Waals surface area contributed by atoms with Crippen LogP contribution < -0.4 is 10.5 Å². The minimum Gasteiger partial charge on any atom is -0.495 e. The Bertz CT molecular complexity index is 692. The van der Waals surface area contributed by atoms with E-state index in [0.717, 1.165) is 9.87 Å². The van der Waals surface area contributed by atoms with E-state index in [4.69, 9.17) is 10.5 Å². The fourth-order valence-electron chi connectivity index (χ4n) is 3.01. The molecule has 2 rings (SSSR count). The van der Waals surface area contributed by atoms with Crippen LogP contribution in [0.2, 0.25) is 0 Å². The van der Waals surface area contributed by atoms with E-state index >= 15 is 0 Å². The Labute approximate surface area is 139 Å². The molecule has 2 atom stereocenters. The Morgan fingerprint density at radius 2 is 2.04 bits per heavy atom. The smallest absolute Gasteiger partial charge is 0.392 e. The molecule has 136 valence electrons. The zero-order valence-electron chi connectivity index (χ0n) is 13.5. The Balaban J connectivity index is 2.33. The van der Waals surface area contributed by atoms with Crippen molar-refractivity contribution in [1.29, 1.82) is 0 Å². The van der Waals surface area contributed by atoms with Gasteiger partial charge in [-0.2, -0.15) is 17.5 Å². The van der Waals surface area contributed by atoms with Crippen molar-refractivity contribution in [2.75, 3.05) is 26.7 Å². The molecular weight excluding hydrogens is 345 g/mol. The number of methoxy groups -OCH3 is 1. The van der Waals surface area contributed by atoms with E-state index in [1.54, 1.807) is 13.0 Å². The highest BCUT2D eigenvalue weighted by atomic mass is 32.2. The number of hydrogen-bond donors (Lipinski definition) is 1. The van der Waals surface area contributed by atoms with Gasteiger partial charge >= 0.3 is 6.18 Å². The molecule has 5 nitrogen and oxygen atoms in total. The van der Waals surface area contributed by atoms with Gasteiger partial charge in [0, 0.05) is 13.1 Å². The third-order valence-corrected chi connectivity index (χ3v) is 6.24. The molecular formula is C15H21F3N2O3S. The van der Waals surface area contributed by atoms with E-state index in [2.05, 4.69) is 0 Å². The van der Waals surface area contributed by atoms with Gasteiger partial charge in [0.2, 0.25) is 10.0 Å². The van der Waals surface area contributed by atoms with Crippen LogP contribution in [0.1, 0.15) is 12.0 Å². The van der Waals surface area contributed by atoms with Crippen molar-refractivity contribution in [2.45, 2.75) is 24.4 Å². The second-order valence-corrected chi connectivity index (χ2v) is 7.86. The number of piperidine rings is 1. The first kappa shape index (κ1) is 19.0. The van der Waals surface area contributed by atoms with Gasteiger partial charge in [0.1, 0.15) is 10.6 Å². The Hall–Kier alpha value is -1.32. The average molecular weight is 366 g/mol. The van der Waals surface area contributed by atoms with Crippen molar-refractivity contribution >= 4 is 10.0 Å². The van der Waals surface area contributed by atoms with Crippen LogP contribution in [-0.4, -0.2) is 45.6 Å². The van der Waals surface area contributed by atoms with Crippen molar-refractivity contribution in [3.05, 3.63) is 23.8 Å². The third kappa shape index (κ3) is 3.68. The van der Waals surface area contributed by atoms with Crippen molar-refractivity contribution in [1.82, 2.24) is 4.31 Å². The van der Waals surface area contributed by atoms with E-state index in [1.807, 2.05) is 0 Å². The van der Waals surface area contributed by atoms with E-state index in [-0.39, 0.29) is 36.7 Å². The third-order valence-electron chi connectivity index (χ3n) is 4.36. The van der Waals surface area contributed by atoms with Gasteiger partial charge in [-0.1, -0.05) is 6.07 Å². The van der Waals surface area contributed by atoms with Crippen LogP contribution in [0.15, 0.2) is 23.1 Å². The standard InChI is InChI=1S/C15H21F3N2O3S/c1-10-3-4-13(23-2)14(7-10)24(21,22)20-6-5-12(15(16,17)18)11(8-19)9-20/h3-4,7,11-12H,5-6,8-9,19H2,1-2H3. The molecule has 9 heteroatoms. The number of nitrogens with two attached hydrogens (primary N) is 1. The first-order chi connectivity index (χ1) is 11.1. The summed E-state index contributed by atoms with van der Waals surface area (Å²) in [4.78, 5) is -0.0359. The second-order valence-electron chi connectivity index (χ2n) is 5.95. The van der Waals surface area contributed by atoms with Gasteiger partial charge in [0.25, 0.3) is 0 Å². The Morgan fingerprint density at radius 1 is 1.38 bits per heavy atom. The number of nitrogens with zero attached hydrogens (tertiary/aromatic N) is 1.